The van der Waals surface area contributed by atoms with Crippen LogP contribution < -0.4 is 0 Å². The Morgan fingerprint density at radius 1 is 0.377 bits per heavy atom. The summed E-state index contributed by atoms with van der Waals surface area (Å²) in [5, 5.41) is 9.46. The molecule has 10 nitrogen and oxygen atoms in total. The molecule has 0 saturated carbocycles. The summed E-state index contributed by atoms with van der Waals surface area (Å²) in [7, 11) is 0. The summed E-state index contributed by atoms with van der Waals surface area (Å²) in [5.41, 5.74) is 0. The van der Waals surface area contributed by atoms with Gasteiger partial charge in [-0.25, -0.2) is 0 Å². The highest BCUT2D eigenvalue weighted by atomic mass is 16.7. The molecule has 69 heavy (non-hydrogen) atoms. The van der Waals surface area contributed by atoms with Crippen molar-refractivity contribution < 1.29 is 43.1 Å². The third kappa shape index (κ3) is 51.8. The van der Waals surface area contributed by atoms with Gasteiger partial charge in [0, 0.05) is 52.4 Å². The summed E-state index contributed by atoms with van der Waals surface area (Å²) in [4.78, 5) is 27.4. The van der Waals surface area contributed by atoms with Gasteiger partial charge in [-0.15, -0.1) is 0 Å². The first-order valence-electron chi connectivity index (χ1n) is 28.7. The van der Waals surface area contributed by atoms with Crippen molar-refractivity contribution in [3.63, 3.8) is 0 Å². The van der Waals surface area contributed by atoms with E-state index in [2.05, 4.69) is 81.2 Å². The zero-order valence-corrected chi connectivity index (χ0v) is 45.3. The van der Waals surface area contributed by atoms with E-state index in [4.69, 9.17) is 28.4 Å². The van der Waals surface area contributed by atoms with Crippen LogP contribution in [0.15, 0.2) is 48.6 Å². The molecule has 0 spiro atoms. The average Bonchev–Trinajstić information content (AvgIpc) is 3.35. The Morgan fingerprint density at radius 3 is 1.03 bits per heavy atom. The fraction of sp³-hybridized carbons (Fsp3) is 0.831. The topological polar surface area (TPSA) is 113 Å². The van der Waals surface area contributed by atoms with E-state index < -0.39 is 0 Å². The van der Waals surface area contributed by atoms with E-state index in [-0.39, 0.29) is 31.1 Å². The highest BCUT2D eigenvalue weighted by molar-refractivity contribution is 5.69. The molecule has 0 fully saturated rings. The Bertz CT molecular complexity index is 1060. The minimum atomic E-state index is -0.203. The van der Waals surface area contributed by atoms with Gasteiger partial charge in [0.1, 0.15) is 0 Å². The normalized spacial score (nSPS) is 12.2. The molecular weight excluding hydrogens is 867 g/mol. The molecule has 0 aromatic rings. The molecule has 10 heteroatoms. The molecule has 0 aromatic carbocycles. The van der Waals surface area contributed by atoms with Gasteiger partial charge in [-0.05, 0) is 186 Å². The molecule has 0 atom stereocenters. The van der Waals surface area contributed by atoms with Crippen LogP contribution in [-0.4, -0.2) is 100 Å². The van der Waals surface area contributed by atoms with Crippen LogP contribution in [0.3, 0.4) is 0 Å². The van der Waals surface area contributed by atoms with Crippen molar-refractivity contribution in [1.82, 2.24) is 4.90 Å². The van der Waals surface area contributed by atoms with Crippen molar-refractivity contribution >= 4 is 11.9 Å². The van der Waals surface area contributed by atoms with Crippen LogP contribution in [0.4, 0.5) is 0 Å². The van der Waals surface area contributed by atoms with Crippen molar-refractivity contribution in [3.05, 3.63) is 48.6 Å². The van der Waals surface area contributed by atoms with Crippen LogP contribution >= 0.6 is 0 Å². The Hall–Kier alpha value is -2.34. The Kier molecular flexibility index (Phi) is 54.7. The minimum absolute atomic E-state index is 0.108. The molecule has 0 aliphatic heterocycles. The van der Waals surface area contributed by atoms with Gasteiger partial charge in [-0.3, -0.25) is 9.59 Å². The highest BCUT2D eigenvalue weighted by Crippen LogP contribution is 2.15. The molecule has 0 amide bonds. The first-order chi connectivity index (χ1) is 34.0. The lowest BCUT2D eigenvalue weighted by Gasteiger charge is -2.22. The molecule has 1 N–H and O–H groups in total. The van der Waals surface area contributed by atoms with Gasteiger partial charge in [0.15, 0.2) is 12.6 Å². The maximum atomic E-state index is 12.4. The molecular formula is C59H109NO9. The van der Waals surface area contributed by atoms with Gasteiger partial charge in [0.25, 0.3) is 0 Å². The summed E-state index contributed by atoms with van der Waals surface area (Å²) in [6.07, 6.45) is 49.7. The second-order valence-corrected chi connectivity index (χ2v) is 18.5. The first kappa shape index (κ1) is 66.7. The molecule has 0 aliphatic rings. The van der Waals surface area contributed by atoms with E-state index in [1.807, 2.05) is 0 Å². The monoisotopic (exact) mass is 976 g/mol. The van der Waals surface area contributed by atoms with Gasteiger partial charge in [-0.2, -0.15) is 0 Å². The molecule has 404 valence electrons. The van der Waals surface area contributed by atoms with Gasteiger partial charge >= 0.3 is 11.9 Å². The van der Waals surface area contributed by atoms with Crippen molar-refractivity contribution in [3.8, 4) is 0 Å². The second kappa shape index (κ2) is 56.6. The summed E-state index contributed by atoms with van der Waals surface area (Å²) in [6.45, 7) is 15.6. The number of rotatable bonds is 55. The molecule has 0 radical (unpaired) electrons. The third-order valence-electron chi connectivity index (χ3n) is 11.9. The van der Waals surface area contributed by atoms with Gasteiger partial charge in [0.05, 0.1) is 13.2 Å². The van der Waals surface area contributed by atoms with Crippen molar-refractivity contribution in [1.29, 1.82) is 0 Å². The smallest absolute Gasteiger partial charge is 0.305 e. The number of nitrogens with zero attached hydrogens (tertiary/aromatic N) is 1. The third-order valence-corrected chi connectivity index (χ3v) is 11.9. The van der Waals surface area contributed by atoms with Gasteiger partial charge < -0.3 is 38.4 Å². The lowest BCUT2D eigenvalue weighted by molar-refractivity contribution is -0.149. The van der Waals surface area contributed by atoms with Gasteiger partial charge in [0.2, 0.25) is 0 Å². The second-order valence-electron chi connectivity index (χ2n) is 18.5. The fourth-order valence-corrected chi connectivity index (χ4v) is 7.77. The van der Waals surface area contributed by atoms with Crippen LogP contribution in [0, 0.1) is 0 Å². The summed E-state index contributed by atoms with van der Waals surface area (Å²) in [6, 6.07) is 0. The maximum Gasteiger partial charge on any atom is 0.305 e. The van der Waals surface area contributed by atoms with E-state index in [9.17, 15) is 14.7 Å². The molecule has 0 saturated heterocycles. The first-order valence-corrected chi connectivity index (χ1v) is 28.7. The zero-order chi connectivity index (χ0) is 50.2. The largest absolute Gasteiger partial charge is 0.466 e. The van der Waals surface area contributed by atoms with Crippen LogP contribution in [0.1, 0.15) is 240 Å². The van der Waals surface area contributed by atoms with Crippen LogP contribution in [0.5, 0.6) is 0 Å². The molecule has 0 bridgehead atoms. The quantitative estimate of drug-likeness (QED) is 0.0274. The maximum absolute atomic E-state index is 12.4. The van der Waals surface area contributed by atoms with E-state index in [1.165, 1.54) is 0 Å². The molecule has 0 rings (SSSR count). The van der Waals surface area contributed by atoms with Crippen molar-refractivity contribution in [2.24, 2.45) is 0 Å². The SMILES string of the molecule is CC/C=C\CCCCOC(CCCCC(=O)OCCCCCCN(CCCO)CCCCCCOC(=O)CCCCC(OCCCC/C=C\CC)OCCCC/C=C\CC)OCCCC/C=C\CC. The average molecular weight is 977 g/mol. The minimum Gasteiger partial charge on any atom is -0.466 e. The number of hydrogen-bond donors (Lipinski definition) is 1. The number of hydrogen-bond acceptors (Lipinski definition) is 10. The molecule has 0 heterocycles. The number of aliphatic hydroxyl groups is 1. The van der Waals surface area contributed by atoms with Crippen molar-refractivity contribution in [2.75, 3.05) is 65.9 Å². The predicted octanol–water partition coefficient (Wildman–Crippen LogP) is 15.3. The van der Waals surface area contributed by atoms with E-state index in [1.54, 1.807) is 0 Å². The number of carbonyl (C=O) groups excluding carboxylic acids is 2. The lowest BCUT2D eigenvalue weighted by atomic mass is 10.1. The zero-order valence-electron chi connectivity index (χ0n) is 45.3. The number of aliphatic hydroxyl groups excluding tert-OH is 1. The lowest BCUT2D eigenvalue weighted by Crippen LogP contribution is -2.28. The summed E-state index contributed by atoms with van der Waals surface area (Å²) in [5.74, 6) is -0.217. The van der Waals surface area contributed by atoms with E-state index >= 15 is 0 Å². The highest BCUT2D eigenvalue weighted by Gasteiger charge is 2.13. The standard InChI is InChI=1S/C59H109NO9/c1-5-9-13-17-23-37-52-66-58(67-53-38-24-18-14-10-6-2)44-31-29-42-56(62)64-50-35-27-21-33-46-60(48-41-49-61)47-34-22-28-36-51-65-57(63)43-30-32-45-59(68-54-39-25-19-15-11-7-3)69-55-40-26-20-16-12-8-4/h9-16,58-59,61H,5-8,17-55H2,1-4H3/b13-9-,14-10-,15-11-,16-12-. The summed E-state index contributed by atoms with van der Waals surface area (Å²) >= 11 is 0. The number of ether oxygens (including phenoxy) is 6. The van der Waals surface area contributed by atoms with E-state index in [0.717, 1.165) is 219 Å². The number of carbonyl (C=O) groups is 2. The predicted molar refractivity (Wildman–Crippen MR) is 288 cm³/mol. The molecule has 0 unspecified atom stereocenters. The van der Waals surface area contributed by atoms with Crippen LogP contribution in [0.2, 0.25) is 0 Å². The summed E-state index contributed by atoms with van der Waals surface area (Å²) < 4.78 is 35.6. The van der Waals surface area contributed by atoms with Crippen LogP contribution in [-0.2, 0) is 38.0 Å². The number of allylic oxidation sites excluding steroid dienone is 8. The number of esters is 2. The van der Waals surface area contributed by atoms with E-state index in [0.29, 0.717) is 52.5 Å². The molecule has 0 aromatic heterocycles. The Morgan fingerprint density at radius 2 is 0.696 bits per heavy atom. The Labute approximate surface area is 425 Å². The van der Waals surface area contributed by atoms with Gasteiger partial charge in [-0.1, -0.05) is 102 Å². The fourth-order valence-electron chi connectivity index (χ4n) is 7.77. The molecule has 0 aliphatic carbocycles. The Balaban J connectivity index is 4.19. The van der Waals surface area contributed by atoms with Crippen LogP contribution in [0.25, 0.3) is 0 Å². The van der Waals surface area contributed by atoms with Crippen molar-refractivity contribution in [2.45, 2.75) is 252 Å². The number of unbranched alkanes of at least 4 members (excludes halogenated alkanes) is 16.